The van der Waals surface area contributed by atoms with Gasteiger partial charge in [0.05, 0.1) is 11.3 Å². The minimum absolute atomic E-state index is 0.0926. The average molecular weight is 350 g/mol. The van der Waals surface area contributed by atoms with Crippen LogP contribution < -0.4 is 10.5 Å². The highest BCUT2D eigenvalue weighted by atomic mass is 19.3. The summed E-state index contributed by atoms with van der Waals surface area (Å²) in [5.74, 6) is 0.846. The molecule has 0 aliphatic carbocycles. The second-order valence-corrected chi connectivity index (χ2v) is 6.95. The number of hydrogen-bond acceptors (Lipinski definition) is 5. The van der Waals surface area contributed by atoms with Crippen molar-refractivity contribution >= 4 is 0 Å². The van der Waals surface area contributed by atoms with Gasteiger partial charge >= 0.3 is 0 Å². The maximum absolute atomic E-state index is 13.4. The number of aromatic nitrogens is 3. The van der Waals surface area contributed by atoms with Gasteiger partial charge in [-0.15, -0.1) is 0 Å². The molecule has 0 aliphatic rings. The first-order valence-electron chi connectivity index (χ1n) is 8.18. The van der Waals surface area contributed by atoms with Crippen molar-refractivity contribution in [1.29, 1.82) is 0 Å². The van der Waals surface area contributed by atoms with Crippen molar-refractivity contribution in [2.24, 2.45) is 11.7 Å². The molecule has 7 heteroatoms. The fourth-order valence-corrected chi connectivity index (χ4v) is 2.73. The van der Waals surface area contributed by atoms with E-state index in [0.29, 0.717) is 23.0 Å². The second-order valence-electron chi connectivity index (χ2n) is 6.95. The molecule has 0 bridgehead atoms. The van der Waals surface area contributed by atoms with Gasteiger partial charge in [-0.3, -0.25) is 0 Å². The van der Waals surface area contributed by atoms with E-state index in [2.05, 4.69) is 15.0 Å². The fourth-order valence-electron chi connectivity index (χ4n) is 2.73. The van der Waals surface area contributed by atoms with E-state index < -0.39 is 12.0 Å². The van der Waals surface area contributed by atoms with Crippen molar-refractivity contribution in [3.05, 3.63) is 35.9 Å². The summed E-state index contributed by atoms with van der Waals surface area (Å²) in [6.45, 7) is 7.79. The van der Waals surface area contributed by atoms with Gasteiger partial charge < -0.3 is 10.5 Å². The van der Waals surface area contributed by atoms with E-state index >= 15 is 0 Å². The normalized spacial score (nSPS) is 14.0. The molecule has 25 heavy (non-hydrogen) atoms. The fraction of sp³-hybridized carbons (Fsp3) is 0.500. The molecule has 1 unspecified atom stereocenters. The summed E-state index contributed by atoms with van der Waals surface area (Å²) in [6.07, 6.45) is 1.06. The second kappa shape index (κ2) is 7.82. The Morgan fingerprint density at radius 2 is 2.00 bits per heavy atom. The first-order chi connectivity index (χ1) is 11.7. The van der Waals surface area contributed by atoms with Crippen LogP contribution in [0.1, 0.15) is 45.0 Å². The molecule has 5 nitrogen and oxygen atoms in total. The predicted molar refractivity (Wildman–Crippen MR) is 92.5 cm³/mol. The summed E-state index contributed by atoms with van der Waals surface area (Å²) in [7, 11) is 0. The molecule has 0 saturated carbocycles. The summed E-state index contributed by atoms with van der Waals surface area (Å²) >= 11 is 0. The van der Waals surface area contributed by atoms with E-state index in [1.54, 1.807) is 19.2 Å². The van der Waals surface area contributed by atoms with Gasteiger partial charge in [0.2, 0.25) is 5.88 Å². The van der Waals surface area contributed by atoms with Gasteiger partial charge in [0, 0.05) is 23.5 Å². The number of aryl methyl sites for hydroxylation is 1. The summed E-state index contributed by atoms with van der Waals surface area (Å²) in [5, 5.41) is 0. The highest BCUT2D eigenvalue weighted by molar-refractivity contribution is 5.59. The number of rotatable bonds is 7. The van der Waals surface area contributed by atoms with E-state index in [1.807, 2.05) is 20.8 Å². The molecule has 2 rings (SSSR count). The molecule has 0 aliphatic heterocycles. The SMILES string of the molecule is Cc1nccc(-c2cnc(OCC(C)(N)CC(C)C)c(C(F)F)c2)n1. The zero-order chi connectivity index (χ0) is 18.6. The Kier molecular flexibility index (Phi) is 6.00. The van der Waals surface area contributed by atoms with Crippen LogP contribution in [0, 0.1) is 12.8 Å². The number of hydrogen-bond donors (Lipinski definition) is 1. The Morgan fingerprint density at radius 1 is 1.28 bits per heavy atom. The summed E-state index contributed by atoms with van der Waals surface area (Å²) in [5.41, 5.74) is 6.32. The number of nitrogens with zero attached hydrogens (tertiary/aromatic N) is 3. The predicted octanol–water partition coefficient (Wildman–Crippen LogP) is 3.93. The van der Waals surface area contributed by atoms with Crippen molar-refractivity contribution in [2.75, 3.05) is 6.61 Å². The largest absolute Gasteiger partial charge is 0.475 e. The zero-order valence-corrected chi connectivity index (χ0v) is 15.0. The molecule has 1 atom stereocenters. The maximum Gasteiger partial charge on any atom is 0.269 e. The Bertz CT molecular complexity index is 720. The number of nitrogens with two attached hydrogens (primary N) is 1. The summed E-state index contributed by atoms with van der Waals surface area (Å²) in [4.78, 5) is 12.3. The number of alkyl halides is 2. The van der Waals surface area contributed by atoms with Crippen LogP contribution >= 0.6 is 0 Å². The summed E-state index contributed by atoms with van der Waals surface area (Å²) in [6, 6.07) is 3.00. The van der Waals surface area contributed by atoms with Crippen LogP contribution in [0.15, 0.2) is 24.5 Å². The molecule has 0 amide bonds. The Hall–Kier alpha value is -2.15. The molecule has 2 N–H and O–H groups in total. The van der Waals surface area contributed by atoms with Crippen molar-refractivity contribution in [3.8, 4) is 17.1 Å². The first kappa shape index (κ1) is 19.2. The van der Waals surface area contributed by atoms with Gasteiger partial charge in [-0.05, 0) is 38.3 Å². The quantitative estimate of drug-likeness (QED) is 0.819. The first-order valence-corrected chi connectivity index (χ1v) is 8.18. The molecule has 0 fully saturated rings. The van der Waals surface area contributed by atoms with Gasteiger partial charge in [-0.1, -0.05) is 13.8 Å². The third-order valence-corrected chi connectivity index (χ3v) is 3.60. The Morgan fingerprint density at radius 3 is 2.60 bits per heavy atom. The smallest absolute Gasteiger partial charge is 0.269 e. The Balaban J connectivity index is 2.25. The van der Waals surface area contributed by atoms with Crippen LogP contribution in [0.3, 0.4) is 0 Å². The maximum atomic E-state index is 13.4. The average Bonchev–Trinajstić information content (AvgIpc) is 2.51. The zero-order valence-electron chi connectivity index (χ0n) is 15.0. The lowest BCUT2D eigenvalue weighted by molar-refractivity contribution is 0.137. The van der Waals surface area contributed by atoms with E-state index in [9.17, 15) is 8.78 Å². The highest BCUT2D eigenvalue weighted by Gasteiger charge is 2.24. The number of halogens is 2. The molecule has 2 aromatic rings. The molecule has 136 valence electrons. The molecule has 2 heterocycles. The van der Waals surface area contributed by atoms with Crippen molar-refractivity contribution in [2.45, 2.75) is 46.1 Å². The highest BCUT2D eigenvalue weighted by Crippen LogP contribution is 2.31. The lowest BCUT2D eigenvalue weighted by Gasteiger charge is -2.26. The lowest BCUT2D eigenvalue weighted by Crippen LogP contribution is -2.43. The number of pyridine rings is 1. The third kappa shape index (κ3) is 5.42. The van der Waals surface area contributed by atoms with Gasteiger partial charge in [-0.2, -0.15) is 0 Å². The van der Waals surface area contributed by atoms with Gasteiger partial charge in [0.1, 0.15) is 12.4 Å². The minimum atomic E-state index is -2.71. The van der Waals surface area contributed by atoms with E-state index in [4.69, 9.17) is 10.5 Å². The van der Waals surface area contributed by atoms with Crippen molar-refractivity contribution in [1.82, 2.24) is 15.0 Å². The van der Waals surface area contributed by atoms with Crippen molar-refractivity contribution in [3.63, 3.8) is 0 Å². The summed E-state index contributed by atoms with van der Waals surface area (Å²) < 4.78 is 32.4. The molecule has 2 aromatic heterocycles. The van der Waals surface area contributed by atoms with Crippen LogP contribution in [0.25, 0.3) is 11.3 Å². The lowest BCUT2D eigenvalue weighted by atomic mass is 9.93. The van der Waals surface area contributed by atoms with Crippen LogP contribution in [-0.2, 0) is 0 Å². The molecule has 0 saturated heterocycles. The molecular weight excluding hydrogens is 326 g/mol. The van der Waals surface area contributed by atoms with Crippen LogP contribution in [0.5, 0.6) is 5.88 Å². The standard InChI is InChI=1S/C18H24F2N4O/c1-11(2)8-18(4,21)10-25-17-14(16(19)20)7-13(9-23-17)15-5-6-22-12(3)24-15/h5-7,9,11,16H,8,10,21H2,1-4H3. The molecule has 0 spiro atoms. The van der Waals surface area contributed by atoms with Crippen molar-refractivity contribution < 1.29 is 13.5 Å². The molecule has 0 aromatic carbocycles. The monoisotopic (exact) mass is 350 g/mol. The molecular formula is C18H24F2N4O. The van der Waals surface area contributed by atoms with Crippen LogP contribution in [0.2, 0.25) is 0 Å². The van der Waals surface area contributed by atoms with E-state index in [1.165, 1.54) is 12.3 Å². The van der Waals surface area contributed by atoms with Crippen LogP contribution in [0.4, 0.5) is 8.78 Å². The van der Waals surface area contributed by atoms with E-state index in [-0.39, 0.29) is 18.1 Å². The minimum Gasteiger partial charge on any atom is -0.475 e. The van der Waals surface area contributed by atoms with Gasteiger partial charge in [0.25, 0.3) is 6.43 Å². The Labute approximate surface area is 146 Å². The van der Waals surface area contributed by atoms with Crippen LogP contribution in [-0.4, -0.2) is 27.1 Å². The van der Waals surface area contributed by atoms with E-state index in [0.717, 1.165) is 6.42 Å². The number of ether oxygens (including phenoxy) is 1. The molecule has 0 radical (unpaired) electrons. The van der Waals surface area contributed by atoms with Gasteiger partial charge in [-0.25, -0.2) is 23.7 Å². The topological polar surface area (TPSA) is 73.9 Å². The third-order valence-electron chi connectivity index (χ3n) is 3.60. The van der Waals surface area contributed by atoms with Gasteiger partial charge in [0.15, 0.2) is 0 Å².